The summed E-state index contributed by atoms with van der Waals surface area (Å²) in [7, 11) is -4.18. The van der Waals surface area contributed by atoms with Crippen molar-refractivity contribution >= 4 is 10.1 Å². The molecule has 0 aliphatic heterocycles. The van der Waals surface area contributed by atoms with Crippen LogP contribution in [0.1, 0.15) is 37.3 Å². The molecule has 0 aliphatic carbocycles. The monoisotopic (exact) mass is 320 g/mol. The second-order valence-electron chi connectivity index (χ2n) is 5.29. The second kappa shape index (κ2) is 6.94. The fraction of sp³-hybridized carbons (Fsp3) is 0.294. The van der Waals surface area contributed by atoms with E-state index in [2.05, 4.69) is 13.8 Å². The minimum absolute atomic E-state index is 0.124. The van der Waals surface area contributed by atoms with Crippen molar-refractivity contribution in [3.8, 4) is 5.75 Å². The highest BCUT2D eigenvalue weighted by Gasteiger charge is 2.09. The zero-order chi connectivity index (χ0) is 16.2. The summed E-state index contributed by atoms with van der Waals surface area (Å²) in [5.41, 5.74) is 1.95. The van der Waals surface area contributed by atoms with Crippen LogP contribution in [0, 0.1) is 0 Å². The van der Waals surface area contributed by atoms with Gasteiger partial charge < -0.3 is 4.74 Å². The van der Waals surface area contributed by atoms with Crippen LogP contribution >= 0.6 is 0 Å². The van der Waals surface area contributed by atoms with Crippen molar-refractivity contribution < 1.29 is 17.7 Å². The molecule has 1 N–H and O–H groups in total. The molecular formula is C17H20O4S. The van der Waals surface area contributed by atoms with E-state index >= 15 is 0 Å². The predicted octanol–water partition coefficient (Wildman–Crippen LogP) is 4.03. The number of rotatable bonds is 6. The van der Waals surface area contributed by atoms with Gasteiger partial charge in [0.25, 0.3) is 10.1 Å². The zero-order valence-corrected chi connectivity index (χ0v) is 13.5. The molecule has 22 heavy (non-hydrogen) atoms. The Bertz CT molecular complexity index is 721. The molecule has 4 nitrogen and oxygen atoms in total. The van der Waals surface area contributed by atoms with Crippen molar-refractivity contribution in [2.24, 2.45) is 0 Å². The maximum Gasteiger partial charge on any atom is 0.294 e. The molecule has 0 spiro atoms. The maximum absolute atomic E-state index is 11.1. The van der Waals surface area contributed by atoms with Gasteiger partial charge >= 0.3 is 0 Å². The lowest BCUT2D eigenvalue weighted by molar-refractivity contribution is 0.305. The van der Waals surface area contributed by atoms with Gasteiger partial charge in [0.2, 0.25) is 0 Å². The standard InChI is InChI=1S/C17H20O4S/c1-3-13(2)15-7-9-16(10-8-15)21-12-14-5-4-6-17(11-14)22(18,19)20/h4-11,13H,3,12H2,1-2H3,(H,18,19,20). The Morgan fingerprint density at radius 3 is 2.41 bits per heavy atom. The van der Waals surface area contributed by atoms with Crippen molar-refractivity contribution in [1.29, 1.82) is 0 Å². The number of hydrogen-bond acceptors (Lipinski definition) is 3. The Labute approximate surface area is 131 Å². The molecule has 0 radical (unpaired) electrons. The molecule has 5 heteroatoms. The summed E-state index contributed by atoms with van der Waals surface area (Å²) in [6.07, 6.45) is 1.09. The summed E-state index contributed by atoms with van der Waals surface area (Å²) < 4.78 is 36.9. The smallest absolute Gasteiger partial charge is 0.294 e. The first-order valence-electron chi connectivity index (χ1n) is 7.19. The van der Waals surface area contributed by atoms with Crippen LogP contribution in [-0.2, 0) is 16.7 Å². The number of benzene rings is 2. The van der Waals surface area contributed by atoms with E-state index < -0.39 is 10.1 Å². The average molecular weight is 320 g/mol. The van der Waals surface area contributed by atoms with Crippen LogP contribution in [0.2, 0.25) is 0 Å². The largest absolute Gasteiger partial charge is 0.489 e. The number of ether oxygens (including phenoxy) is 1. The third-order valence-corrected chi connectivity index (χ3v) is 4.51. The van der Waals surface area contributed by atoms with Crippen LogP contribution in [0.25, 0.3) is 0 Å². The van der Waals surface area contributed by atoms with Gasteiger partial charge in [-0.2, -0.15) is 8.42 Å². The molecule has 0 saturated carbocycles. The molecular weight excluding hydrogens is 300 g/mol. The Hall–Kier alpha value is -1.85. The lowest BCUT2D eigenvalue weighted by atomic mass is 9.99. The van der Waals surface area contributed by atoms with E-state index in [1.165, 1.54) is 17.7 Å². The Kier molecular flexibility index (Phi) is 5.21. The molecule has 1 unspecified atom stereocenters. The molecule has 2 aromatic carbocycles. The second-order valence-corrected chi connectivity index (χ2v) is 6.71. The van der Waals surface area contributed by atoms with Gasteiger partial charge in [0, 0.05) is 0 Å². The van der Waals surface area contributed by atoms with Crippen LogP contribution in [0.4, 0.5) is 0 Å². The van der Waals surface area contributed by atoms with Crippen molar-refractivity contribution in [2.45, 2.75) is 37.7 Å². The highest BCUT2D eigenvalue weighted by atomic mass is 32.2. The van der Waals surface area contributed by atoms with Crippen molar-refractivity contribution in [3.05, 3.63) is 59.7 Å². The van der Waals surface area contributed by atoms with Gasteiger partial charge in [0.05, 0.1) is 4.90 Å². The van der Waals surface area contributed by atoms with Gasteiger partial charge in [-0.05, 0) is 47.7 Å². The summed E-state index contributed by atoms with van der Waals surface area (Å²) in [6.45, 7) is 4.57. The summed E-state index contributed by atoms with van der Waals surface area (Å²) in [4.78, 5) is -0.124. The van der Waals surface area contributed by atoms with E-state index in [4.69, 9.17) is 9.29 Å². The molecule has 0 aromatic heterocycles. The topological polar surface area (TPSA) is 63.6 Å². The summed E-state index contributed by atoms with van der Waals surface area (Å²) >= 11 is 0. The van der Waals surface area contributed by atoms with Crippen LogP contribution in [0.5, 0.6) is 5.75 Å². The third-order valence-electron chi connectivity index (χ3n) is 3.66. The molecule has 0 aliphatic rings. The molecule has 2 rings (SSSR count). The quantitative estimate of drug-likeness (QED) is 0.816. The Balaban J connectivity index is 2.04. The molecule has 0 amide bonds. The minimum atomic E-state index is -4.18. The fourth-order valence-corrected chi connectivity index (χ4v) is 2.64. The van der Waals surface area contributed by atoms with Gasteiger partial charge in [0.15, 0.2) is 0 Å². The van der Waals surface area contributed by atoms with Crippen LogP contribution in [0.3, 0.4) is 0 Å². The fourth-order valence-electron chi connectivity index (χ4n) is 2.09. The lowest BCUT2D eigenvalue weighted by Gasteiger charge is -2.11. The minimum Gasteiger partial charge on any atom is -0.489 e. The molecule has 0 heterocycles. The number of hydrogen-bond donors (Lipinski definition) is 1. The van der Waals surface area contributed by atoms with Crippen LogP contribution in [0.15, 0.2) is 53.4 Å². The summed E-state index contributed by atoms with van der Waals surface area (Å²) in [5, 5.41) is 0. The molecule has 2 aromatic rings. The normalized spacial score (nSPS) is 12.9. The highest BCUT2D eigenvalue weighted by molar-refractivity contribution is 7.85. The van der Waals surface area contributed by atoms with Crippen LogP contribution < -0.4 is 4.74 Å². The first-order valence-corrected chi connectivity index (χ1v) is 8.63. The van der Waals surface area contributed by atoms with E-state index in [-0.39, 0.29) is 11.5 Å². The van der Waals surface area contributed by atoms with Crippen molar-refractivity contribution in [1.82, 2.24) is 0 Å². The van der Waals surface area contributed by atoms with E-state index in [0.717, 1.165) is 12.2 Å². The van der Waals surface area contributed by atoms with Crippen LogP contribution in [-0.4, -0.2) is 13.0 Å². The lowest BCUT2D eigenvalue weighted by Crippen LogP contribution is -2.01. The van der Waals surface area contributed by atoms with Gasteiger partial charge in [-0.3, -0.25) is 4.55 Å². The van der Waals surface area contributed by atoms with E-state index in [1.54, 1.807) is 12.1 Å². The van der Waals surface area contributed by atoms with Gasteiger partial charge in [-0.25, -0.2) is 0 Å². The SMILES string of the molecule is CCC(C)c1ccc(OCc2cccc(S(=O)(=O)O)c2)cc1. The van der Waals surface area contributed by atoms with Crippen molar-refractivity contribution in [3.63, 3.8) is 0 Å². The zero-order valence-electron chi connectivity index (χ0n) is 12.7. The molecule has 0 fully saturated rings. The molecule has 0 bridgehead atoms. The Morgan fingerprint density at radius 2 is 1.82 bits per heavy atom. The van der Waals surface area contributed by atoms with Crippen molar-refractivity contribution in [2.75, 3.05) is 0 Å². The Morgan fingerprint density at radius 1 is 1.14 bits per heavy atom. The summed E-state index contributed by atoms with van der Waals surface area (Å²) in [5.74, 6) is 1.24. The maximum atomic E-state index is 11.1. The third kappa shape index (κ3) is 4.32. The van der Waals surface area contributed by atoms with Gasteiger partial charge in [-0.1, -0.05) is 38.1 Å². The molecule has 1 atom stereocenters. The highest BCUT2D eigenvalue weighted by Crippen LogP contribution is 2.22. The van der Waals surface area contributed by atoms with E-state index in [0.29, 0.717) is 11.5 Å². The molecule has 118 valence electrons. The molecule has 0 saturated heterocycles. The average Bonchev–Trinajstić information content (AvgIpc) is 2.52. The summed E-state index contributed by atoms with van der Waals surface area (Å²) in [6, 6.07) is 14.0. The van der Waals surface area contributed by atoms with E-state index in [9.17, 15) is 8.42 Å². The first kappa shape index (κ1) is 16.5. The predicted molar refractivity (Wildman–Crippen MR) is 85.7 cm³/mol. The first-order chi connectivity index (χ1) is 10.4. The van der Waals surface area contributed by atoms with E-state index in [1.807, 2.05) is 24.3 Å². The van der Waals surface area contributed by atoms with Gasteiger partial charge in [0.1, 0.15) is 12.4 Å². The van der Waals surface area contributed by atoms with Gasteiger partial charge in [-0.15, -0.1) is 0 Å².